The molecule has 0 bridgehead atoms. The molecule has 0 fully saturated rings. The lowest BCUT2D eigenvalue weighted by molar-refractivity contribution is 0.388. The number of nitrogens with one attached hydrogen (secondary N) is 1. The molecule has 0 saturated heterocycles. The number of nitrogens with zero attached hydrogens (tertiary/aromatic N) is 2. The van der Waals surface area contributed by atoms with Crippen molar-refractivity contribution in [2.45, 2.75) is 13.5 Å². The standard InChI is InChI=1S/C10H10F2N4O/c1-5-15-9(16-17-5)4-14-10-7(11)2-6(13)3-8(10)12/h2-3,14H,4,13H2,1H3. The van der Waals surface area contributed by atoms with Gasteiger partial charge in [0.2, 0.25) is 5.89 Å². The number of hydrogen-bond donors (Lipinski definition) is 2. The molecule has 0 aliphatic carbocycles. The number of rotatable bonds is 3. The van der Waals surface area contributed by atoms with E-state index in [-0.39, 0.29) is 17.9 Å². The Kier molecular flexibility index (Phi) is 2.90. The Morgan fingerprint density at radius 1 is 1.35 bits per heavy atom. The van der Waals surface area contributed by atoms with Gasteiger partial charge in [0, 0.05) is 12.6 Å². The van der Waals surface area contributed by atoms with Crippen LogP contribution in [0.1, 0.15) is 11.7 Å². The predicted molar refractivity (Wildman–Crippen MR) is 57.1 cm³/mol. The summed E-state index contributed by atoms with van der Waals surface area (Å²) in [7, 11) is 0. The third-order valence-corrected chi connectivity index (χ3v) is 2.06. The van der Waals surface area contributed by atoms with Crippen LogP contribution in [0, 0.1) is 18.6 Å². The normalized spacial score (nSPS) is 10.5. The molecule has 1 aromatic heterocycles. The SMILES string of the molecule is Cc1nc(CNc2c(F)cc(N)cc2F)no1. The quantitative estimate of drug-likeness (QED) is 0.800. The predicted octanol–water partition coefficient (Wildman–Crippen LogP) is 1.85. The van der Waals surface area contributed by atoms with Crippen molar-refractivity contribution in [2.24, 2.45) is 0 Å². The lowest BCUT2D eigenvalue weighted by Gasteiger charge is -2.07. The van der Waals surface area contributed by atoms with Gasteiger partial charge in [-0.05, 0) is 12.1 Å². The van der Waals surface area contributed by atoms with Gasteiger partial charge in [0.25, 0.3) is 0 Å². The van der Waals surface area contributed by atoms with E-state index in [1.54, 1.807) is 6.92 Å². The largest absolute Gasteiger partial charge is 0.399 e. The Morgan fingerprint density at radius 2 is 2.00 bits per heavy atom. The van der Waals surface area contributed by atoms with Crippen molar-refractivity contribution >= 4 is 11.4 Å². The molecule has 90 valence electrons. The molecule has 17 heavy (non-hydrogen) atoms. The average Bonchev–Trinajstić information content (AvgIpc) is 2.62. The van der Waals surface area contributed by atoms with E-state index in [0.29, 0.717) is 11.7 Å². The molecule has 0 aliphatic rings. The van der Waals surface area contributed by atoms with E-state index in [0.717, 1.165) is 12.1 Å². The number of aromatic nitrogens is 2. The highest BCUT2D eigenvalue weighted by atomic mass is 19.1. The molecular weight excluding hydrogens is 230 g/mol. The van der Waals surface area contributed by atoms with E-state index in [1.807, 2.05) is 0 Å². The monoisotopic (exact) mass is 240 g/mol. The van der Waals surface area contributed by atoms with Gasteiger partial charge in [-0.15, -0.1) is 0 Å². The molecule has 1 aromatic carbocycles. The fourth-order valence-corrected chi connectivity index (χ4v) is 1.34. The molecule has 5 nitrogen and oxygen atoms in total. The Morgan fingerprint density at radius 3 is 2.53 bits per heavy atom. The number of hydrogen-bond acceptors (Lipinski definition) is 5. The average molecular weight is 240 g/mol. The first-order chi connectivity index (χ1) is 8.06. The summed E-state index contributed by atoms with van der Waals surface area (Å²) in [6.45, 7) is 1.69. The van der Waals surface area contributed by atoms with Gasteiger partial charge in [-0.3, -0.25) is 0 Å². The van der Waals surface area contributed by atoms with Crippen molar-refractivity contribution in [1.29, 1.82) is 0 Å². The maximum absolute atomic E-state index is 13.4. The number of benzene rings is 1. The Balaban J connectivity index is 2.14. The van der Waals surface area contributed by atoms with Crippen LogP contribution >= 0.6 is 0 Å². The summed E-state index contributed by atoms with van der Waals surface area (Å²) in [6.07, 6.45) is 0. The number of nitrogens with two attached hydrogens (primary N) is 1. The molecule has 2 aromatic rings. The zero-order chi connectivity index (χ0) is 12.4. The number of nitrogen functional groups attached to an aromatic ring is 1. The van der Waals surface area contributed by atoms with E-state index in [9.17, 15) is 8.78 Å². The summed E-state index contributed by atoms with van der Waals surface area (Å²) in [6, 6.07) is 2.07. The third-order valence-electron chi connectivity index (χ3n) is 2.06. The van der Waals surface area contributed by atoms with Crippen molar-refractivity contribution in [2.75, 3.05) is 11.1 Å². The third kappa shape index (κ3) is 2.49. The van der Waals surface area contributed by atoms with Crippen LogP contribution in [-0.4, -0.2) is 10.1 Å². The fourth-order valence-electron chi connectivity index (χ4n) is 1.34. The van der Waals surface area contributed by atoms with E-state index in [1.165, 1.54) is 0 Å². The Bertz CT molecular complexity index is 518. The lowest BCUT2D eigenvalue weighted by atomic mass is 10.2. The number of aryl methyl sites for hydroxylation is 1. The first-order valence-corrected chi connectivity index (χ1v) is 4.84. The molecule has 0 aliphatic heterocycles. The first-order valence-electron chi connectivity index (χ1n) is 4.84. The highest BCUT2D eigenvalue weighted by molar-refractivity contribution is 5.53. The molecule has 0 unspecified atom stereocenters. The van der Waals surface area contributed by atoms with E-state index in [4.69, 9.17) is 10.3 Å². The highest BCUT2D eigenvalue weighted by Gasteiger charge is 2.11. The van der Waals surface area contributed by atoms with Crippen LogP contribution < -0.4 is 11.1 Å². The van der Waals surface area contributed by atoms with Gasteiger partial charge in [0.05, 0.1) is 6.54 Å². The zero-order valence-corrected chi connectivity index (χ0v) is 9.00. The summed E-state index contributed by atoms with van der Waals surface area (Å²) in [4.78, 5) is 3.89. The van der Waals surface area contributed by atoms with Gasteiger partial charge in [-0.1, -0.05) is 5.16 Å². The molecule has 0 spiro atoms. The zero-order valence-electron chi connectivity index (χ0n) is 9.00. The van der Waals surface area contributed by atoms with Crippen LogP contribution in [0.25, 0.3) is 0 Å². The fraction of sp³-hybridized carbons (Fsp3) is 0.200. The maximum atomic E-state index is 13.4. The van der Waals surface area contributed by atoms with Crippen LogP contribution in [0.2, 0.25) is 0 Å². The smallest absolute Gasteiger partial charge is 0.223 e. The van der Waals surface area contributed by atoms with E-state index >= 15 is 0 Å². The number of halogens is 2. The lowest BCUT2D eigenvalue weighted by Crippen LogP contribution is -2.06. The molecule has 2 rings (SSSR count). The van der Waals surface area contributed by atoms with Gasteiger partial charge < -0.3 is 15.6 Å². The molecule has 0 saturated carbocycles. The van der Waals surface area contributed by atoms with Gasteiger partial charge >= 0.3 is 0 Å². The van der Waals surface area contributed by atoms with Crippen LogP contribution in [0.3, 0.4) is 0 Å². The summed E-state index contributed by atoms with van der Waals surface area (Å²) in [5.74, 6) is -0.816. The molecule has 3 N–H and O–H groups in total. The molecule has 1 heterocycles. The Hall–Kier alpha value is -2.18. The van der Waals surface area contributed by atoms with Crippen LogP contribution in [0.15, 0.2) is 16.7 Å². The minimum absolute atomic E-state index is 0.0287. The van der Waals surface area contributed by atoms with Gasteiger partial charge in [0.1, 0.15) is 5.69 Å². The van der Waals surface area contributed by atoms with Crippen LogP contribution in [0.4, 0.5) is 20.2 Å². The number of anilines is 2. The van der Waals surface area contributed by atoms with Crippen LogP contribution in [0.5, 0.6) is 0 Å². The maximum Gasteiger partial charge on any atom is 0.223 e. The molecule has 7 heteroatoms. The summed E-state index contributed by atoms with van der Waals surface area (Å²) < 4.78 is 31.5. The van der Waals surface area contributed by atoms with Gasteiger partial charge in [0.15, 0.2) is 17.5 Å². The minimum Gasteiger partial charge on any atom is -0.399 e. The van der Waals surface area contributed by atoms with Crippen molar-refractivity contribution in [3.8, 4) is 0 Å². The van der Waals surface area contributed by atoms with E-state index < -0.39 is 11.6 Å². The van der Waals surface area contributed by atoms with E-state index in [2.05, 4.69) is 15.5 Å². The Labute approximate surface area is 95.6 Å². The van der Waals surface area contributed by atoms with Crippen molar-refractivity contribution in [1.82, 2.24) is 10.1 Å². The summed E-state index contributed by atoms with van der Waals surface area (Å²) in [5.41, 5.74) is 5.06. The van der Waals surface area contributed by atoms with Crippen LogP contribution in [-0.2, 0) is 6.54 Å². The molecule has 0 radical (unpaired) electrons. The molecule has 0 atom stereocenters. The van der Waals surface area contributed by atoms with Gasteiger partial charge in [-0.25, -0.2) is 8.78 Å². The van der Waals surface area contributed by atoms with Crippen molar-refractivity contribution < 1.29 is 13.3 Å². The van der Waals surface area contributed by atoms with Crippen molar-refractivity contribution in [3.05, 3.63) is 35.5 Å². The molecular formula is C10H10F2N4O. The first kappa shape index (κ1) is 11.3. The second kappa shape index (κ2) is 4.36. The molecule has 0 amide bonds. The van der Waals surface area contributed by atoms with Gasteiger partial charge in [-0.2, -0.15) is 4.98 Å². The summed E-state index contributed by atoms with van der Waals surface area (Å²) >= 11 is 0. The minimum atomic E-state index is -0.761. The topological polar surface area (TPSA) is 77.0 Å². The van der Waals surface area contributed by atoms with Crippen molar-refractivity contribution in [3.63, 3.8) is 0 Å². The highest BCUT2D eigenvalue weighted by Crippen LogP contribution is 2.22. The second-order valence-electron chi connectivity index (χ2n) is 3.44. The second-order valence-corrected chi connectivity index (χ2v) is 3.44. The summed E-state index contributed by atoms with van der Waals surface area (Å²) in [5, 5.41) is 6.14.